The van der Waals surface area contributed by atoms with Crippen molar-refractivity contribution in [2.45, 2.75) is 25.6 Å². The summed E-state index contributed by atoms with van der Waals surface area (Å²) in [5.41, 5.74) is -2.32. The molecule has 8 nitrogen and oxygen atoms in total. The topological polar surface area (TPSA) is 91.7 Å². The van der Waals surface area contributed by atoms with Gasteiger partial charge in [0, 0.05) is 13.2 Å². The van der Waals surface area contributed by atoms with Gasteiger partial charge in [-0.1, -0.05) is 12.1 Å². The molecule has 11 heteroatoms. The van der Waals surface area contributed by atoms with E-state index in [1.165, 1.54) is 14.2 Å². The Balaban J connectivity index is 2.02. The van der Waals surface area contributed by atoms with Gasteiger partial charge in [-0.25, -0.2) is 4.68 Å². The van der Waals surface area contributed by atoms with E-state index >= 15 is 0 Å². The number of nitrogens with one attached hydrogen (secondary N) is 1. The average Bonchev–Trinajstić information content (AvgIpc) is 2.74. The van der Waals surface area contributed by atoms with Gasteiger partial charge in [0.25, 0.3) is 5.56 Å². The van der Waals surface area contributed by atoms with Crippen LogP contribution in [0, 0.1) is 0 Å². The van der Waals surface area contributed by atoms with Gasteiger partial charge in [-0.2, -0.15) is 18.3 Å². The highest BCUT2D eigenvalue weighted by Crippen LogP contribution is 2.31. The van der Waals surface area contributed by atoms with E-state index in [9.17, 15) is 22.8 Å². The molecule has 0 atom stereocenters. The largest absolute Gasteiger partial charge is 0.497 e. The van der Waals surface area contributed by atoms with E-state index in [1.54, 1.807) is 24.3 Å². The van der Waals surface area contributed by atoms with Crippen LogP contribution in [0.4, 0.5) is 18.9 Å². The number of benzene rings is 1. The molecule has 0 bridgehead atoms. The van der Waals surface area contributed by atoms with Crippen molar-refractivity contribution in [1.82, 2.24) is 9.78 Å². The van der Waals surface area contributed by atoms with E-state index in [0.717, 1.165) is 10.9 Å². The zero-order valence-corrected chi connectivity index (χ0v) is 17.2. The molecule has 1 aromatic carbocycles. The fourth-order valence-electron chi connectivity index (χ4n) is 2.67. The van der Waals surface area contributed by atoms with Crippen LogP contribution in [0.1, 0.15) is 24.0 Å². The zero-order chi connectivity index (χ0) is 22.9. The number of hydrogen-bond acceptors (Lipinski definition) is 7. The van der Waals surface area contributed by atoms with Crippen molar-refractivity contribution in [2.24, 2.45) is 0 Å². The second-order valence-corrected chi connectivity index (χ2v) is 6.46. The Bertz CT molecular complexity index is 914. The SMILES string of the molecule is COC(=O)CCOCCCNc1cnn(Cc2ccc(OC)cc2)c(=O)c1C(F)(F)F. The van der Waals surface area contributed by atoms with Crippen LogP contribution < -0.4 is 15.6 Å². The molecular weight excluding hydrogens is 419 g/mol. The number of carbonyl (C=O) groups is 1. The standard InChI is InChI=1S/C20H24F3N3O5/c1-29-15-6-4-14(5-7-15)13-26-19(28)18(20(21,22)23)16(12-25-26)24-9-3-10-31-11-8-17(27)30-2/h4-7,12,24H,3,8-11,13H2,1-2H3. The highest BCUT2D eigenvalue weighted by Gasteiger charge is 2.38. The Morgan fingerprint density at radius 1 is 1.16 bits per heavy atom. The molecular formula is C20H24F3N3O5. The van der Waals surface area contributed by atoms with Gasteiger partial charge in [-0.15, -0.1) is 0 Å². The summed E-state index contributed by atoms with van der Waals surface area (Å²) in [7, 11) is 2.76. The second kappa shape index (κ2) is 11.3. The van der Waals surface area contributed by atoms with Gasteiger partial charge in [0.2, 0.25) is 0 Å². The molecule has 0 radical (unpaired) electrons. The number of nitrogens with zero attached hydrogens (tertiary/aromatic N) is 2. The first kappa shape index (κ1) is 24.2. The minimum atomic E-state index is -4.85. The summed E-state index contributed by atoms with van der Waals surface area (Å²) in [6.07, 6.45) is -3.39. The first-order valence-corrected chi connectivity index (χ1v) is 9.45. The lowest BCUT2D eigenvalue weighted by Crippen LogP contribution is -2.32. The quantitative estimate of drug-likeness (QED) is 0.422. The normalized spacial score (nSPS) is 11.3. The van der Waals surface area contributed by atoms with Gasteiger partial charge in [-0.3, -0.25) is 9.59 Å². The molecule has 0 aliphatic carbocycles. The molecule has 0 unspecified atom stereocenters. The van der Waals surface area contributed by atoms with E-state index in [2.05, 4.69) is 15.2 Å². The lowest BCUT2D eigenvalue weighted by molar-refractivity contribution is -0.142. The van der Waals surface area contributed by atoms with E-state index in [0.29, 0.717) is 17.7 Å². The smallest absolute Gasteiger partial charge is 0.423 e. The fraction of sp³-hybridized carbons (Fsp3) is 0.450. The van der Waals surface area contributed by atoms with Crippen LogP contribution in [0.2, 0.25) is 0 Å². The van der Waals surface area contributed by atoms with Crippen LogP contribution in [0.15, 0.2) is 35.3 Å². The number of hydrogen-bond donors (Lipinski definition) is 1. The summed E-state index contributed by atoms with van der Waals surface area (Å²) >= 11 is 0. The van der Waals surface area contributed by atoms with E-state index < -0.39 is 29.0 Å². The number of rotatable bonds is 11. The summed E-state index contributed by atoms with van der Waals surface area (Å²) in [5, 5.41) is 6.47. The predicted molar refractivity (Wildman–Crippen MR) is 106 cm³/mol. The molecule has 0 aliphatic rings. The maximum Gasteiger partial charge on any atom is 0.423 e. The molecule has 0 saturated heterocycles. The highest BCUT2D eigenvalue weighted by molar-refractivity contribution is 5.69. The van der Waals surface area contributed by atoms with Gasteiger partial charge in [0.1, 0.15) is 11.3 Å². The van der Waals surface area contributed by atoms with Crippen LogP contribution in [-0.4, -0.2) is 49.7 Å². The van der Waals surface area contributed by atoms with Crippen molar-refractivity contribution in [3.05, 3.63) is 51.9 Å². The number of carbonyl (C=O) groups excluding carboxylic acids is 1. The minimum Gasteiger partial charge on any atom is -0.497 e. The van der Waals surface area contributed by atoms with Crippen molar-refractivity contribution in [2.75, 3.05) is 39.3 Å². The van der Waals surface area contributed by atoms with Crippen LogP contribution in [0.3, 0.4) is 0 Å². The Hall–Kier alpha value is -3.08. The number of aromatic nitrogens is 2. The molecule has 0 spiro atoms. The molecule has 1 N–H and O–H groups in total. The first-order chi connectivity index (χ1) is 14.8. The molecule has 2 rings (SSSR count). The Kier molecular flexibility index (Phi) is 8.86. The van der Waals surface area contributed by atoms with Crippen LogP contribution >= 0.6 is 0 Å². The van der Waals surface area contributed by atoms with E-state index in [-0.39, 0.29) is 32.7 Å². The Morgan fingerprint density at radius 3 is 2.48 bits per heavy atom. The highest BCUT2D eigenvalue weighted by atomic mass is 19.4. The molecule has 0 aliphatic heterocycles. The first-order valence-electron chi connectivity index (χ1n) is 9.45. The number of esters is 1. The molecule has 31 heavy (non-hydrogen) atoms. The number of halogens is 3. The van der Waals surface area contributed by atoms with Gasteiger partial charge in [0.05, 0.1) is 45.7 Å². The van der Waals surface area contributed by atoms with Crippen molar-refractivity contribution in [3.63, 3.8) is 0 Å². The number of ether oxygens (including phenoxy) is 3. The molecule has 2 aromatic rings. The zero-order valence-electron chi connectivity index (χ0n) is 17.2. The van der Waals surface area contributed by atoms with Gasteiger partial charge < -0.3 is 19.5 Å². The van der Waals surface area contributed by atoms with E-state index in [4.69, 9.17) is 9.47 Å². The molecule has 0 saturated carbocycles. The summed E-state index contributed by atoms with van der Waals surface area (Å²) in [4.78, 5) is 23.4. The van der Waals surface area contributed by atoms with Gasteiger partial charge >= 0.3 is 12.1 Å². The third-order valence-corrected chi connectivity index (χ3v) is 4.28. The molecule has 0 fully saturated rings. The van der Waals surface area contributed by atoms with Gasteiger partial charge in [-0.05, 0) is 24.1 Å². The molecule has 170 valence electrons. The van der Waals surface area contributed by atoms with Crippen LogP contribution in [-0.2, 0) is 27.0 Å². The monoisotopic (exact) mass is 443 g/mol. The van der Waals surface area contributed by atoms with Crippen molar-refractivity contribution in [1.29, 1.82) is 0 Å². The number of alkyl halides is 3. The maximum absolute atomic E-state index is 13.5. The number of anilines is 1. The van der Waals surface area contributed by atoms with Crippen LogP contribution in [0.25, 0.3) is 0 Å². The lowest BCUT2D eigenvalue weighted by Gasteiger charge is -2.15. The van der Waals surface area contributed by atoms with Crippen molar-refractivity contribution < 1.29 is 32.2 Å². The summed E-state index contributed by atoms with van der Waals surface area (Å²) in [6, 6.07) is 6.58. The summed E-state index contributed by atoms with van der Waals surface area (Å²) < 4.78 is 56.1. The second-order valence-electron chi connectivity index (χ2n) is 6.46. The predicted octanol–water partition coefficient (Wildman–Crippen LogP) is 2.70. The molecule has 1 aromatic heterocycles. The van der Waals surface area contributed by atoms with Crippen LogP contribution in [0.5, 0.6) is 5.75 Å². The fourth-order valence-corrected chi connectivity index (χ4v) is 2.67. The van der Waals surface area contributed by atoms with Crippen molar-refractivity contribution in [3.8, 4) is 5.75 Å². The lowest BCUT2D eigenvalue weighted by atomic mass is 10.2. The molecule has 0 amide bonds. The number of methoxy groups -OCH3 is 2. The third kappa shape index (κ3) is 7.28. The molecule has 1 heterocycles. The Morgan fingerprint density at radius 2 is 1.87 bits per heavy atom. The van der Waals surface area contributed by atoms with Gasteiger partial charge in [0.15, 0.2) is 0 Å². The summed E-state index contributed by atoms with van der Waals surface area (Å²) in [5.74, 6) is 0.183. The summed E-state index contributed by atoms with van der Waals surface area (Å²) in [6.45, 7) is 0.405. The average molecular weight is 443 g/mol. The third-order valence-electron chi connectivity index (χ3n) is 4.28. The minimum absolute atomic E-state index is 0.0957. The maximum atomic E-state index is 13.5. The van der Waals surface area contributed by atoms with Crippen molar-refractivity contribution >= 4 is 11.7 Å². The van der Waals surface area contributed by atoms with E-state index in [1.807, 2.05) is 0 Å². The Labute approximate surface area is 176 Å².